The highest BCUT2D eigenvalue weighted by Gasteiger charge is 2.05. The van der Waals surface area contributed by atoms with Crippen LogP contribution in [0.2, 0.25) is 10.3 Å². The molecule has 0 atom stereocenters. The number of ether oxygens (including phenoxy) is 2. The number of amides is 2. The van der Waals surface area contributed by atoms with Crippen molar-refractivity contribution in [2.24, 2.45) is 0 Å². The Hall–Kier alpha value is -4.68. The van der Waals surface area contributed by atoms with E-state index in [1.54, 1.807) is 0 Å². The van der Waals surface area contributed by atoms with Crippen LogP contribution in [0.15, 0.2) is 60.7 Å². The Labute approximate surface area is 265 Å². The Balaban J connectivity index is 0.000000244. The van der Waals surface area contributed by atoms with E-state index >= 15 is 0 Å². The van der Waals surface area contributed by atoms with Crippen molar-refractivity contribution in [2.75, 3.05) is 11.5 Å². The van der Waals surface area contributed by atoms with Gasteiger partial charge in [-0.05, 0) is 28.7 Å². The quantitative estimate of drug-likeness (QED) is 0.112. The highest BCUT2D eigenvalue weighted by Crippen LogP contribution is 2.17. The third-order valence-electron chi connectivity index (χ3n) is 5.83. The van der Waals surface area contributed by atoms with Crippen molar-refractivity contribution in [1.82, 2.24) is 30.6 Å². The molecule has 0 aliphatic heterocycles. The van der Waals surface area contributed by atoms with E-state index in [4.69, 9.17) is 44.1 Å². The van der Waals surface area contributed by atoms with Crippen LogP contribution < -0.4 is 31.6 Å². The molecule has 0 spiro atoms. The number of hydrogen-bond donors (Lipinski definition) is 4. The van der Waals surface area contributed by atoms with E-state index < -0.39 is 0 Å². The minimum atomic E-state index is 0.0720. The Bertz CT molecular complexity index is 1450. The third-order valence-corrected chi connectivity index (χ3v) is 6.22. The van der Waals surface area contributed by atoms with Gasteiger partial charge >= 0.3 is 0 Å². The number of halogens is 2. The third kappa shape index (κ3) is 12.7. The van der Waals surface area contributed by atoms with Gasteiger partial charge in [-0.1, -0.05) is 85.1 Å². The van der Waals surface area contributed by atoms with Crippen LogP contribution >= 0.6 is 23.2 Å². The van der Waals surface area contributed by atoms with Crippen LogP contribution in [0, 0.1) is 0 Å². The molecule has 232 valence electrons. The van der Waals surface area contributed by atoms with Crippen LogP contribution in [0.1, 0.15) is 48.4 Å². The molecule has 2 aromatic heterocycles. The average Bonchev–Trinajstić information content (AvgIpc) is 3.00. The number of rotatable bonds is 14. The number of benzene rings is 2. The van der Waals surface area contributed by atoms with Crippen molar-refractivity contribution in [1.29, 1.82) is 0 Å². The van der Waals surface area contributed by atoms with Gasteiger partial charge in [-0.25, -0.2) is 9.97 Å². The SMILES string of the molecule is CCCCC(=O)NCc1ccc(COc2cc(Cl)nc(N)n2)cc1.Nc1nc(Cl)cc(OCc2ccc(CNC=O)cc2)n1. The summed E-state index contributed by atoms with van der Waals surface area (Å²) in [6.07, 6.45) is 3.18. The fraction of sp³-hybridized carbons (Fsp3) is 0.267. The summed E-state index contributed by atoms with van der Waals surface area (Å²) < 4.78 is 11.0. The summed E-state index contributed by atoms with van der Waals surface area (Å²) in [7, 11) is 0. The molecule has 0 bridgehead atoms. The van der Waals surface area contributed by atoms with Gasteiger partial charge in [0, 0.05) is 31.6 Å². The number of hydrogen-bond acceptors (Lipinski definition) is 10. The lowest BCUT2D eigenvalue weighted by Crippen LogP contribution is -2.22. The number of carbonyl (C=O) groups excluding carboxylic acids is 2. The smallest absolute Gasteiger partial charge is 0.224 e. The fourth-order valence-electron chi connectivity index (χ4n) is 3.58. The zero-order valence-electron chi connectivity index (χ0n) is 24.1. The van der Waals surface area contributed by atoms with Crippen LogP contribution in [-0.2, 0) is 35.9 Å². The molecule has 2 heterocycles. The number of unbranched alkanes of at least 4 members (excludes halogenated alkanes) is 1. The monoisotopic (exact) mass is 640 g/mol. The predicted molar refractivity (Wildman–Crippen MR) is 169 cm³/mol. The van der Waals surface area contributed by atoms with E-state index in [0.29, 0.717) is 50.9 Å². The number of nitrogens with two attached hydrogens (primary N) is 2. The van der Waals surface area contributed by atoms with E-state index in [1.807, 2.05) is 48.5 Å². The van der Waals surface area contributed by atoms with Gasteiger partial charge in [-0.15, -0.1) is 0 Å². The van der Waals surface area contributed by atoms with Crippen molar-refractivity contribution in [2.45, 2.75) is 52.5 Å². The maximum atomic E-state index is 11.6. The maximum absolute atomic E-state index is 11.6. The molecule has 0 saturated heterocycles. The summed E-state index contributed by atoms with van der Waals surface area (Å²) in [5.41, 5.74) is 15.0. The van der Waals surface area contributed by atoms with Crippen LogP contribution in [0.25, 0.3) is 0 Å². The van der Waals surface area contributed by atoms with Gasteiger partial charge in [0.15, 0.2) is 0 Å². The molecular formula is C30H34Cl2N8O4. The number of carbonyl (C=O) groups is 2. The summed E-state index contributed by atoms with van der Waals surface area (Å²) in [4.78, 5) is 37.2. The Morgan fingerprint density at radius 1 is 0.773 bits per heavy atom. The molecule has 6 N–H and O–H groups in total. The van der Waals surface area contributed by atoms with Crippen LogP contribution in [0.3, 0.4) is 0 Å². The molecule has 4 aromatic rings. The van der Waals surface area contributed by atoms with E-state index in [2.05, 4.69) is 37.5 Å². The normalized spacial score (nSPS) is 10.2. The number of nitrogens with zero attached hydrogens (tertiary/aromatic N) is 4. The zero-order valence-corrected chi connectivity index (χ0v) is 25.6. The highest BCUT2D eigenvalue weighted by atomic mass is 35.5. The number of aromatic nitrogens is 4. The summed E-state index contributed by atoms with van der Waals surface area (Å²) >= 11 is 11.6. The number of nitrogen functional groups attached to an aromatic ring is 2. The highest BCUT2D eigenvalue weighted by molar-refractivity contribution is 6.29. The zero-order chi connectivity index (χ0) is 31.7. The van der Waals surface area contributed by atoms with E-state index in [-0.39, 0.29) is 28.1 Å². The molecule has 4 rings (SSSR count). The Morgan fingerprint density at radius 2 is 1.23 bits per heavy atom. The second kappa shape index (κ2) is 18.1. The second-order valence-corrected chi connectivity index (χ2v) is 10.1. The lowest BCUT2D eigenvalue weighted by molar-refractivity contribution is -0.121. The van der Waals surface area contributed by atoms with E-state index in [0.717, 1.165) is 35.1 Å². The molecule has 0 saturated carbocycles. The first-order valence-corrected chi connectivity index (χ1v) is 14.4. The topological polar surface area (TPSA) is 180 Å². The van der Waals surface area contributed by atoms with Gasteiger partial charge in [0.25, 0.3) is 0 Å². The summed E-state index contributed by atoms with van der Waals surface area (Å²) in [5.74, 6) is 0.894. The molecule has 0 aliphatic rings. The molecule has 2 amide bonds. The first kappa shape index (κ1) is 33.8. The van der Waals surface area contributed by atoms with Gasteiger partial charge in [-0.2, -0.15) is 9.97 Å². The van der Waals surface area contributed by atoms with Gasteiger partial charge < -0.3 is 31.6 Å². The van der Waals surface area contributed by atoms with E-state index in [1.165, 1.54) is 12.1 Å². The molecule has 12 nitrogen and oxygen atoms in total. The molecule has 14 heteroatoms. The van der Waals surface area contributed by atoms with Gasteiger partial charge in [0.2, 0.25) is 36.0 Å². The lowest BCUT2D eigenvalue weighted by atomic mass is 10.1. The fourth-order valence-corrected chi connectivity index (χ4v) is 3.94. The molecule has 0 radical (unpaired) electrons. The van der Waals surface area contributed by atoms with Crippen LogP contribution in [0.5, 0.6) is 11.8 Å². The minimum absolute atomic E-state index is 0.0720. The minimum Gasteiger partial charge on any atom is -0.473 e. The van der Waals surface area contributed by atoms with Crippen molar-refractivity contribution < 1.29 is 19.1 Å². The van der Waals surface area contributed by atoms with Gasteiger partial charge in [0.05, 0.1) is 0 Å². The molecular weight excluding hydrogens is 607 g/mol. The standard InChI is InChI=1S/C17H21ClN4O2.C13H13ClN4O2/c1-2-3-4-15(23)20-10-12-5-7-13(8-6-12)11-24-16-9-14(18)21-17(19)22-16;14-11-5-12(18-13(15)17-11)20-7-10-3-1-9(2-4-10)6-16-8-19/h5-9H,2-4,10-11H2,1H3,(H,20,23)(H2,19,21,22);1-5,8H,6-7H2,(H,16,19)(H2,15,17,18). The Morgan fingerprint density at radius 3 is 1.66 bits per heavy atom. The summed E-state index contributed by atoms with van der Waals surface area (Å²) in [5, 5.41) is 5.99. The predicted octanol–water partition coefficient (Wildman–Crippen LogP) is 4.63. The molecule has 0 unspecified atom stereocenters. The van der Waals surface area contributed by atoms with Gasteiger partial charge in [0.1, 0.15) is 23.5 Å². The van der Waals surface area contributed by atoms with Crippen molar-refractivity contribution >= 4 is 47.4 Å². The molecule has 44 heavy (non-hydrogen) atoms. The summed E-state index contributed by atoms with van der Waals surface area (Å²) in [6.45, 7) is 3.78. The second-order valence-electron chi connectivity index (χ2n) is 9.36. The van der Waals surface area contributed by atoms with Crippen molar-refractivity contribution in [3.8, 4) is 11.8 Å². The Kier molecular flexibility index (Phi) is 13.9. The molecule has 0 aliphatic carbocycles. The van der Waals surface area contributed by atoms with Gasteiger partial charge in [-0.3, -0.25) is 9.59 Å². The summed E-state index contributed by atoms with van der Waals surface area (Å²) in [6, 6.07) is 18.5. The largest absolute Gasteiger partial charge is 0.473 e. The van der Waals surface area contributed by atoms with Crippen LogP contribution in [-0.4, -0.2) is 32.3 Å². The number of nitrogens with one attached hydrogen (secondary N) is 2. The first-order chi connectivity index (χ1) is 21.2. The first-order valence-electron chi connectivity index (χ1n) is 13.7. The van der Waals surface area contributed by atoms with Crippen LogP contribution in [0.4, 0.5) is 11.9 Å². The average molecular weight is 642 g/mol. The van der Waals surface area contributed by atoms with E-state index in [9.17, 15) is 9.59 Å². The molecule has 2 aromatic carbocycles. The molecule has 0 fully saturated rings. The number of anilines is 2. The van der Waals surface area contributed by atoms with Crippen molar-refractivity contribution in [3.05, 3.63) is 93.2 Å². The lowest BCUT2D eigenvalue weighted by Gasteiger charge is -2.08. The van der Waals surface area contributed by atoms with Crippen molar-refractivity contribution in [3.63, 3.8) is 0 Å². The maximum Gasteiger partial charge on any atom is 0.224 e.